The summed E-state index contributed by atoms with van der Waals surface area (Å²) >= 11 is 0. The fraction of sp³-hybridized carbons (Fsp3) is 0.0370. The minimum absolute atomic E-state index is 1.13. The number of hydrogen-bond acceptors (Lipinski definition) is 0. The monoisotopic (exact) mass is 372 g/mol. The van der Waals surface area contributed by atoms with Crippen molar-refractivity contribution in [3.63, 3.8) is 0 Å². The molecule has 0 bridgehead atoms. The van der Waals surface area contributed by atoms with Crippen LogP contribution in [0.2, 0.25) is 0 Å². The van der Waals surface area contributed by atoms with Crippen LogP contribution in [0.1, 0.15) is 5.56 Å². The van der Waals surface area contributed by atoms with Crippen molar-refractivity contribution in [2.24, 2.45) is 7.05 Å². The molecule has 0 atom stereocenters. The van der Waals surface area contributed by atoms with Crippen molar-refractivity contribution in [3.8, 4) is 5.69 Å². The van der Waals surface area contributed by atoms with E-state index in [9.17, 15) is 0 Å². The van der Waals surface area contributed by atoms with Crippen LogP contribution in [0.25, 0.3) is 55.4 Å². The van der Waals surface area contributed by atoms with Crippen molar-refractivity contribution in [1.29, 1.82) is 0 Å². The molecule has 0 saturated carbocycles. The van der Waals surface area contributed by atoms with Gasteiger partial charge >= 0.3 is 0 Å². The van der Waals surface area contributed by atoms with Crippen molar-refractivity contribution >= 4 is 49.7 Å². The Kier molecular flexibility index (Phi) is 3.27. The highest BCUT2D eigenvalue weighted by Crippen LogP contribution is 2.40. The van der Waals surface area contributed by atoms with E-state index < -0.39 is 0 Å². The van der Waals surface area contributed by atoms with Gasteiger partial charge in [0, 0.05) is 39.8 Å². The van der Waals surface area contributed by atoms with Gasteiger partial charge in [-0.15, -0.1) is 0 Å². The Hall–Kier alpha value is -3.78. The van der Waals surface area contributed by atoms with Gasteiger partial charge in [-0.05, 0) is 35.9 Å². The lowest BCUT2D eigenvalue weighted by Gasteiger charge is -2.09. The zero-order chi connectivity index (χ0) is 19.5. The highest BCUT2D eigenvalue weighted by Gasteiger charge is 2.18. The van der Waals surface area contributed by atoms with Gasteiger partial charge in [-0.25, -0.2) is 0 Å². The summed E-state index contributed by atoms with van der Waals surface area (Å²) in [6, 6.07) is 30.5. The molecule has 6 rings (SSSR count). The largest absolute Gasteiger partial charge is 0.344 e. The third-order valence-corrected chi connectivity index (χ3v) is 6.10. The first-order valence-electron chi connectivity index (χ1n) is 9.90. The maximum atomic E-state index is 3.89. The van der Waals surface area contributed by atoms with Gasteiger partial charge in [0.2, 0.25) is 0 Å². The topological polar surface area (TPSA) is 9.86 Å². The second-order valence-electron chi connectivity index (χ2n) is 7.58. The van der Waals surface area contributed by atoms with Crippen molar-refractivity contribution in [2.75, 3.05) is 0 Å². The van der Waals surface area contributed by atoms with Crippen LogP contribution in [0, 0.1) is 0 Å². The Morgan fingerprint density at radius 3 is 2.10 bits per heavy atom. The summed E-state index contributed by atoms with van der Waals surface area (Å²) in [5.41, 5.74) is 7.31. The third-order valence-electron chi connectivity index (χ3n) is 6.10. The number of fused-ring (bicyclic) bond motifs is 7. The Balaban J connectivity index is 1.89. The van der Waals surface area contributed by atoms with E-state index in [1.165, 1.54) is 49.3 Å². The quantitative estimate of drug-likeness (QED) is 0.307. The van der Waals surface area contributed by atoms with Gasteiger partial charge in [-0.3, -0.25) is 0 Å². The standard InChI is InChI=1S/C27H20N2/c1-3-18-12-14-19(15-13-18)29-24-11-7-4-8-20(24)21-16-17-25-26(27(21)29)22-9-5-6-10-23(22)28(25)2/h3-17H,1H2,2H3. The van der Waals surface area contributed by atoms with E-state index in [4.69, 9.17) is 0 Å². The fourth-order valence-electron chi connectivity index (χ4n) is 4.73. The average Bonchev–Trinajstić information content (AvgIpc) is 3.27. The van der Waals surface area contributed by atoms with Crippen molar-refractivity contribution in [1.82, 2.24) is 9.13 Å². The molecule has 0 spiro atoms. The molecule has 4 aromatic carbocycles. The molecule has 0 fully saturated rings. The molecule has 2 heterocycles. The Morgan fingerprint density at radius 1 is 0.655 bits per heavy atom. The minimum atomic E-state index is 1.13. The molecule has 0 aliphatic heterocycles. The van der Waals surface area contributed by atoms with Crippen molar-refractivity contribution < 1.29 is 0 Å². The molecule has 0 radical (unpaired) electrons. The van der Waals surface area contributed by atoms with Crippen molar-refractivity contribution in [3.05, 3.63) is 97.1 Å². The molecule has 0 aliphatic rings. The second kappa shape index (κ2) is 5.86. The van der Waals surface area contributed by atoms with Crippen LogP contribution in [0.3, 0.4) is 0 Å². The van der Waals surface area contributed by atoms with Crippen LogP contribution in [-0.2, 0) is 7.05 Å². The van der Waals surface area contributed by atoms with Gasteiger partial charge in [0.15, 0.2) is 0 Å². The van der Waals surface area contributed by atoms with E-state index in [-0.39, 0.29) is 0 Å². The second-order valence-corrected chi connectivity index (χ2v) is 7.58. The third kappa shape index (κ3) is 2.11. The molecule has 2 heteroatoms. The van der Waals surface area contributed by atoms with E-state index in [1.54, 1.807) is 0 Å². The molecule has 0 aliphatic carbocycles. The number of benzene rings is 4. The van der Waals surface area contributed by atoms with Gasteiger partial charge in [0.1, 0.15) is 0 Å². The fourth-order valence-corrected chi connectivity index (χ4v) is 4.73. The lowest BCUT2D eigenvalue weighted by atomic mass is 10.1. The highest BCUT2D eigenvalue weighted by molar-refractivity contribution is 6.25. The summed E-state index contributed by atoms with van der Waals surface area (Å²) in [5, 5.41) is 5.18. The van der Waals surface area contributed by atoms with E-state index in [0.717, 1.165) is 5.56 Å². The number of nitrogens with zero attached hydrogens (tertiary/aromatic N) is 2. The maximum Gasteiger partial charge on any atom is 0.0641 e. The lowest BCUT2D eigenvalue weighted by molar-refractivity contribution is 1.01. The highest BCUT2D eigenvalue weighted by atomic mass is 15.0. The zero-order valence-corrected chi connectivity index (χ0v) is 16.3. The number of aromatic nitrogens is 2. The summed E-state index contributed by atoms with van der Waals surface area (Å²) in [6.45, 7) is 3.89. The molecule has 0 N–H and O–H groups in total. The van der Waals surface area contributed by atoms with Gasteiger partial charge < -0.3 is 9.13 Å². The van der Waals surface area contributed by atoms with Crippen LogP contribution in [0.15, 0.2) is 91.5 Å². The van der Waals surface area contributed by atoms with E-state index in [2.05, 4.69) is 108 Å². The molecule has 6 aromatic rings. The zero-order valence-electron chi connectivity index (χ0n) is 16.3. The van der Waals surface area contributed by atoms with Crippen molar-refractivity contribution in [2.45, 2.75) is 0 Å². The smallest absolute Gasteiger partial charge is 0.0641 e. The summed E-state index contributed by atoms with van der Waals surface area (Å²) in [7, 11) is 2.16. The van der Waals surface area contributed by atoms with Crippen LogP contribution in [0.5, 0.6) is 0 Å². The van der Waals surface area contributed by atoms with Crippen LogP contribution < -0.4 is 0 Å². The molecular weight excluding hydrogens is 352 g/mol. The molecule has 29 heavy (non-hydrogen) atoms. The molecule has 138 valence electrons. The maximum absolute atomic E-state index is 3.89. The molecular formula is C27H20N2. The molecule has 2 aromatic heterocycles. The molecule has 2 nitrogen and oxygen atoms in total. The van der Waals surface area contributed by atoms with Crippen LogP contribution in [-0.4, -0.2) is 9.13 Å². The number of hydrogen-bond donors (Lipinski definition) is 0. The van der Waals surface area contributed by atoms with Gasteiger partial charge in [0.25, 0.3) is 0 Å². The van der Waals surface area contributed by atoms with Gasteiger partial charge in [-0.1, -0.05) is 67.3 Å². The van der Waals surface area contributed by atoms with Gasteiger partial charge in [0.05, 0.1) is 16.6 Å². The molecule has 0 saturated heterocycles. The summed E-state index contributed by atoms with van der Waals surface area (Å²) < 4.78 is 4.71. The molecule has 0 unspecified atom stereocenters. The number of aryl methyl sites for hydroxylation is 1. The summed E-state index contributed by atoms with van der Waals surface area (Å²) in [6.07, 6.45) is 1.89. The van der Waals surface area contributed by atoms with E-state index in [1.807, 2.05) is 6.08 Å². The van der Waals surface area contributed by atoms with Gasteiger partial charge in [-0.2, -0.15) is 0 Å². The lowest BCUT2D eigenvalue weighted by Crippen LogP contribution is -1.94. The molecule has 0 amide bonds. The predicted octanol–water partition coefficient (Wildman–Crippen LogP) is 7.07. The minimum Gasteiger partial charge on any atom is -0.344 e. The first-order chi connectivity index (χ1) is 14.3. The number of para-hydroxylation sites is 2. The Labute approximate surface area is 168 Å². The van der Waals surface area contributed by atoms with E-state index in [0.29, 0.717) is 0 Å². The normalized spacial score (nSPS) is 11.8. The van der Waals surface area contributed by atoms with E-state index >= 15 is 0 Å². The Morgan fingerprint density at radius 2 is 1.34 bits per heavy atom. The average molecular weight is 372 g/mol. The van der Waals surface area contributed by atoms with Crippen LogP contribution >= 0.6 is 0 Å². The first-order valence-corrected chi connectivity index (χ1v) is 9.90. The van der Waals surface area contributed by atoms with Crippen LogP contribution in [0.4, 0.5) is 0 Å². The SMILES string of the molecule is C=Cc1ccc(-n2c3ccccc3c3ccc4c(c5ccccc5n4C)c32)cc1. The summed E-state index contributed by atoms with van der Waals surface area (Å²) in [4.78, 5) is 0. The summed E-state index contributed by atoms with van der Waals surface area (Å²) in [5.74, 6) is 0. The Bertz CT molecular complexity index is 1560. The first kappa shape index (κ1) is 16.2. The predicted molar refractivity (Wildman–Crippen MR) is 125 cm³/mol. The number of rotatable bonds is 2.